The molecule has 0 radical (unpaired) electrons. The first kappa shape index (κ1) is 19.9. The molecule has 0 unspecified atom stereocenters. The maximum absolute atomic E-state index is 12.6. The van der Waals surface area contributed by atoms with Crippen LogP contribution < -0.4 is 15.8 Å². The molecule has 28 heavy (non-hydrogen) atoms. The lowest BCUT2D eigenvalue weighted by Crippen LogP contribution is -2.45. The van der Waals surface area contributed by atoms with E-state index in [1.54, 1.807) is 20.8 Å². The highest BCUT2D eigenvalue weighted by Gasteiger charge is 2.44. The molecule has 1 aliphatic heterocycles. The predicted octanol–water partition coefficient (Wildman–Crippen LogP) is 3.14. The lowest BCUT2D eigenvalue weighted by atomic mass is 9.93. The molecule has 9 heteroatoms. The van der Waals surface area contributed by atoms with Crippen molar-refractivity contribution in [2.75, 3.05) is 18.0 Å². The van der Waals surface area contributed by atoms with Gasteiger partial charge in [-0.25, -0.2) is 10.2 Å². The molecule has 1 saturated carbocycles. The van der Waals surface area contributed by atoms with E-state index in [2.05, 4.69) is 10.9 Å². The second kappa shape index (κ2) is 7.29. The molecule has 1 aromatic carbocycles. The minimum absolute atomic E-state index is 0.0710. The molecule has 1 aromatic rings. The van der Waals surface area contributed by atoms with E-state index in [0.717, 1.165) is 25.9 Å². The van der Waals surface area contributed by atoms with Crippen LogP contribution in [0.5, 0.6) is 0 Å². The van der Waals surface area contributed by atoms with Crippen molar-refractivity contribution in [3.63, 3.8) is 0 Å². The fraction of sp³-hybridized carbons (Fsp3) is 0.579. The number of hydrazine groups is 1. The lowest BCUT2D eigenvalue weighted by molar-refractivity contribution is -0.384. The first-order valence-electron chi connectivity index (χ1n) is 9.41. The highest BCUT2D eigenvalue weighted by molar-refractivity contribution is 6.00. The van der Waals surface area contributed by atoms with Crippen LogP contribution in [0.2, 0.25) is 0 Å². The number of nitrogens with zero attached hydrogens (tertiary/aromatic N) is 2. The van der Waals surface area contributed by atoms with Crippen molar-refractivity contribution < 1.29 is 19.2 Å². The van der Waals surface area contributed by atoms with Crippen molar-refractivity contribution in [3.05, 3.63) is 33.9 Å². The van der Waals surface area contributed by atoms with E-state index in [9.17, 15) is 19.7 Å². The van der Waals surface area contributed by atoms with Gasteiger partial charge in [-0.1, -0.05) is 0 Å². The third-order valence-electron chi connectivity index (χ3n) is 5.24. The number of carbonyl (C=O) groups excluding carboxylic acids is 2. The van der Waals surface area contributed by atoms with Gasteiger partial charge in [-0.3, -0.25) is 20.3 Å². The number of ether oxygens (including phenoxy) is 1. The molecule has 1 heterocycles. The molecule has 0 atom stereocenters. The number of nitrogens with one attached hydrogen (secondary N) is 2. The molecule has 3 rings (SSSR count). The fourth-order valence-electron chi connectivity index (χ4n) is 3.46. The summed E-state index contributed by atoms with van der Waals surface area (Å²) in [5.74, 6) is -0.553. The number of piperidine rings is 1. The number of nitro benzene ring substituents is 1. The predicted molar refractivity (Wildman–Crippen MR) is 103 cm³/mol. The average Bonchev–Trinajstić information content (AvgIpc) is 3.37. The summed E-state index contributed by atoms with van der Waals surface area (Å²) >= 11 is 0. The number of anilines is 1. The van der Waals surface area contributed by atoms with Crippen LogP contribution >= 0.6 is 0 Å². The highest BCUT2D eigenvalue weighted by Crippen LogP contribution is 2.54. The number of hydrogen-bond donors (Lipinski definition) is 2. The van der Waals surface area contributed by atoms with E-state index >= 15 is 0 Å². The van der Waals surface area contributed by atoms with Gasteiger partial charge >= 0.3 is 6.09 Å². The molecule has 1 aliphatic carbocycles. The third-order valence-corrected chi connectivity index (χ3v) is 5.24. The zero-order valence-corrected chi connectivity index (χ0v) is 16.4. The minimum Gasteiger partial charge on any atom is -0.443 e. The van der Waals surface area contributed by atoms with E-state index in [4.69, 9.17) is 4.74 Å². The number of hydrogen-bond acceptors (Lipinski definition) is 6. The molecule has 2 aliphatic rings. The SMILES string of the molecule is CC(C)(C)OC(=O)NNC(=O)c1ccc([N+](=O)[O-])cc1N1CCC2(CC1)CC2. The Balaban J connectivity index is 1.74. The molecule has 152 valence electrons. The Hall–Kier alpha value is -2.84. The van der Waals surface area contributed by atoms with Gasteiger partial charge < -0.3 is 9.64 Å². The van der Waals surface area contributed by atoms with Crippen molar-refractivity contribution in [1.82, 2.24) is 10.9 Å². The maximum Gasteiger partial charge on any atom is 0.426 e. The summed E-state index contributed by atoms with van der Waals surface area (Å²) in [7, 11) is 0. The van der Waals surface area contributed by atoms with Gasteiger partial charge in [0.2, 0.25) is 0 Å². The molecular weight excluding hydrogens is 364 g/mol. The number of benzene rings is 1. The average molecular weight is 390 g/mol. The second-order valence-corrected chi connectivity index (χ2v) is 8.53. The number of amides is 2. The molecule has 2 fully saturated rings. The molecule has 1 spiro atoms. The van der Waals surface area contributed by atoms with Crippen molar-refractivity contribution in [1.29, 1.82) is 0 Å². The Bertz CT molecular complexity index is 788. The Labute approximate surface area is 163 Å². The standard InChI is InChI=1S/C19H26N4O5/c1-18(2,3)28-17(25)21-20-16(24)14-5-4-13(23(26)27)12-15(14)22-10-8-19(6-7-19)9-11-22/h4-5,12H,6-11H2,1-3H3,(H,20,24)(H,21,25). The molecular formula is C19H26N4O5. The van der Waals surface area contributed by atoms with Crippen LogP contribution in [0.4, 0.5) is 16.2 Å². The Morgan fingerprint density at radius 3 is 2.32 bits per heavy atom. The number of non-ortho nitro benzene ring substituents is 1. The van der Waals surface area contributed by atoms with Crippen molar-refractivity contribution in [2.45, 2.75) is 52.1 Å². The van der Waals surface area contributed by atoms with Crippen LogP contribution in [0.15, 0.2) is 18.2 Å². The Morgan fingerprint density at radius 1 is 1.14 bits per heavy atom. The van der Waals surface area contributed by atoms with E-state index in [0.29, 0.717) is 11.1 Å². The molecule has 0 bridgehead atoms. The second-order valence-electron chi connectivity index (χ2n) is 8.53. The molecule has 2 N–H and O–H groups in total. The lowest BCUT2D eigenvalue weighted by Gasteiger charge is -2.34. The van der Waals surface area contributed by atoms with Gasteiger partial charge in [0.05, 0.1) is 16.2 Å². The quantitative estimate of drug-likeness (QED) is 0.605. The minimum atomic E-state index is -0.780. The zero-order chi connectivity index (χ0) is 20.5. The summed E-state index contributed by atoms with van der Waals surface area (Å²) in [5, 5.41) is 11.2. The number of rotatable bonds is 3. The fourth-order valence-corrected chi connectivity index (χ4v) is 3.46. The molecule has 9 nitrogen and oxygen atoms in total. The zero-order valence-electron chi connectivity index (χ0n) is 16.4. The van der Waals surface area contributed by atoms with Crippen LogP contribution in [-0.2, 0) is 4.74 Å². The molecule has 2 amide bonds. The van der Waals surface area contributed by atoms with Gasteiger partial charge in [-0.15, -0.1) is 0 Å². The van der Waals surface area contributed by atoms with E-state index in [1.807, 2.05) is 4.90 Å². The smallest absolute Gasteiger partial charge is 0.426 e. The monoisotopic (exact) mass is 390 g/mol. The summed E-state index contributed by atoms with van der Waals surface area (Å²) in [6, 6.07) is 4.13. The van der Waals surface area contributed by atoms with E-state index in [1.165, 1.54) is 31.0 Å². The van der Waals surface area contributed by atoms with Gasteiger partial charge in [0, 0.05) is 25.2 Å². The molecule has 0 aromatic heterocycles. The summed E-state index contributed by atoms with van der Waals surface area (Å²) in [5.41, 5.74) is 4.99. The van der Waals surface area contributed by atoms with Crippen LogP contribution in [0.3, 0.4) is 0 Å². The normalized spacial score (nSPS) is 17.8. The Morgan fingerprint density at radius 2 is 1.79 bits per heavy atom. The first-order chi connectivity index (χ1) is 13.1. The number of nitro groups is 1. The van der Waals surface area contributed by atoms with Crippen molar-refractivity contribution >= 4 is 23.4 Å². The van der Waals surface area contributed by atoms with Gasteiger partial charge in [0.1, 0.15) is 5.60 Å². The molecule has 1 saturated heterocycles. The van der Waals surface area contributed by atoms with Crippen molar-refractivity contribution in [3.8, 4) is 0 Å². The Kier molecular flexibility index (Phi) is 5.18. The third kappa shape index (κ3) is 4.71. The van der Waals surface area contributed by atoms with Gasteiger partial charge in [-0.05, 0) is 57.9 Å². The van der Waals surface area contributed by atoms with E-state index < -0.39 is 22.5 Å². The van der Waals surface area contributed by atoms with Gasteiger partial charge in [-0.2, -0.15) is 0 Å². The van der Waals surface area contributed by atoms with Gasteiger partial charge in [0.15, 0.2) is 0 Å². The largest absolute Gasteiger partial charge is 0.443 e. The van der Waals surface area contributed by atoms with Gasteiger partial charge in [0.25, 0.3) is 11.6 Å². The summed E-state index contributed by atoms with van der Waals surface area (Å²) < 4.78 is 5.09. The maximum atomic E-state index is 12.6. The number of carbonyl (C=O) groups is 2. The summed E-state index contributed by atoms with van der Waals surface area (Å²) in [6.07, 6.45) is 3.74. The van der Waals surface area contributed by atoms with Crippen LogP contribution in [0.1, 0.15) is 56.8 Å². The summed E-state index contributed by atoms with van der Waals surface area (Å²) in [6.45, 7) is 6.64. The van der Waals surface area contributed by atoms with Crippen molar-refractivity contribution in [2.24, 2.45) is 5.41 Å². The topological polar surface area (TPSA) is 114 Å². The van der Waals surface area contributed by atoms with Crippen LogP contribution in [-0.4, -0.2) is 35.6 Å². The van der Waals surface area contributed by atoms with Crippen LogP contribution in [0, 0.1) is 15.5 Å². The summed E-state index contributed by atoms with van der Waals surface area (Å²) in [4.78, 5) is 37.1. The highest BCUT2D eigenvalue weighted by atomic mass is 16.6. The van der Waals surface area contributed by atoms with Crippen LogP contribution in [0.25, 0.3) is 0 Å². The first-order valence-corrected chi connectivity index (χ1v) is 9.41. The van der Waals surface area contributed by atoms with E-state index in [-0.39, 0.29) is 11.3 Å².